The number of hydrogen-bond donors (Lipinski definition) is 1. The van der Waals surface area contributed by atoms with Gasteiger partial charge in [-0.3, -0.25) is 9.69 Å². The number of likely N-dealkylation sites (tertiary alicyclic amines) is 1. The van der Waals surface area contributed by atoms with Crippen LogP contribution in [-0.2, 0) is 17.8 Å². The quantitative estimate of drug-likeness (QED) is 0.875. The third kappa shape index (κ3) is 5.43. The molecular weight excluding hydrogens is 308 g/mol. The fraction of sp³-hybridized carbons (Fsp3) is 0.409. The van der Waals surface area contributed by atoms with Crippen LogP contribution < -0.4 is 5.32 Å². The first-order valence-corrected chi connectivity index (χ1v) is 9.28. The van der Waals surface area contributed by atoms with Gasteiger partial charge in [0, 0.05) is 6.54 Å². The first kappa shape index (κ1) is 17.7. The Morgan fingerprint density at radius 2 is 1.72 bits per heavy atom. The summed E-state index contributed by atoms with van der Waals surface area (Å²) < 4.78 is 0. The molecule has 3 heteroatoms. The molecule has 1 aliphatic heterocycles. The van der Waals surface area contributed by atoms with Crippen molar-refractivity contribution < 1.29 is 4.79 Å². The Balaban J connectivity index is 1.38. The predicted molar refractivity (Wildman–Crippen MR) is 102 cm³/mol. The molecule has 1 aliphatic rings. The van der Waals surface area contributed by atoms with Crippen molar-refractivity contribution in [1.82, 2.24) is 10.2 Å². The summed E-state index contributed by atoms with van der Waals surface area (Å²) in [5, 5.41) is 3.06. The van der Waals surface area contributed by atoms with Crippen LogP contribution in [0.1, 0.15) is 29.5 Å². The number of rotatable bonds is 6. The number of aryl methyl sites for hydroxylation is 1. The maximum Gasteiger partial charge on any atom is 0.234 e. The van der Waals surface area contributed by atoms with Crippen LogP contribution in [0.3, 0.4) is 0 Å². The molecule has 132 valence electrons. The van der Waals surface area contributed by atoms with Gasteiger partial charge < -0.3 is 5.32 Å². The van der Waals surface area contributed by atoms with Crippen molar-refractivity contribution in [2.24, 2.45) is 5.92 Å². The van der Waals surface area contributed by atoms with E-state index in [2.05, 4.69) is 59.6 Å². The minimum atomic E-state index is 0.129. The number of hydrogen-bond acceptors (Lipinski definition) is 2. The molecule has 0 unspecified atom stereocenters. The van der Waals surface area contributed by atoms with Gasteiger partial charge in [-0.1, -0.05) is 54.6 Å². The molecule has 2 aromatic rings. The number of nitrogens with one attached hydrogen (secondary N) is 1. The highest BCUT2D eigenvalue weighted by Crippen LogP contribution is 2.21. The van der Waals surface area contributed by atoms with Gasteiger partial charge in [-0.25, -0.2) is 0 Å². The largest absolute Gasteiger partial charge is 0.351 e. The molecule has 1 fully saturated rings. The second-order valence-electron chi connectivity index (χ2n) is 7.11. The first-order valence-electron chi connectivity index (χ1n) is 9.28. The number of piperidine rings is 1. The number of nitrogens with zero attached hydrogens (tertiary/aromatic N) is 1. The summed E-state index contributed by atoms with van der Waals surface area (Å²) in [5.41, 5.74) is 3.85. The fourth-order valence-corrected chi connectivity index (χ4v) is 3.56. The molecule has 0 saturated carbocycles. The standard InChI is InChI=1S/C22H28N2O/c1-18-7-5-6-10-21(18)16-23-22(25)17-24-13-11-20(12-14-24)15-19-8-3-2-4-9-19/h2-10,20H,11-17H2,1H3,(H,23,25). The maximum atomic E-state index is 12.2. The van der Waals surface area contributed by atoms with E-state index in [9.17, 15) is 4.79 Å². The zero-order chi connectivity index (χ0) is 17.5. The van der Waals surface area contributed by atoms with Crippen molar-refractivity contribution in [2.75, 3.05) is 19.6 Å². The molecular formula is C22H28N2O. The Hall–Kier alpha value is -2.13. The van der Waals surface area contributed by atoms with E-state index < -0.39 is 0 Å². The molecule has 3 nitrogen and oxygen atoms in total. The summed E-state index contributed by atoms with van der Waals surface area (Å²) in [6.07, 6.45) is 3.52. The van der Waals surface area contributed by atoms with Crippen LogP contribution in [0.5, 0.6) is 0 Å². The lowest BCUT2D eigenvalue weighted by atomic mass is 9.90. The zero-order valence-corrected chi connectivity index (χ0v) is 15.1. The van der Waals surface area contributed by atoms with E-state index in [0.29, 0.717) is 13.1 Å². The molecule has 1 saturated heterocycles. The smallest absolute Gasteiger partial charge is 0.234 e. The number of carbonyl (C=O) groups excluding carboxylic acids is 1. The van der Waals surface area contributed by atoms with Crippen LogP contribution in [0.15, 0.2) is 54.6 Å². The van der Waals surface area contributed by atoms with Crippen molar-refractivity contribution in [3.05, 3.63) is 71.3 Å². The minimum Gasteiger partial charge on any atom is -0.351 e. The van der Waals surface area contributed by atoms with E-state index in [0.717, 1.165) is 25.4 Å². The summed E-state index contributed by atoms with van der Waals surface area (Å²) in [6, 6.07) is 18.9. The molecule has 0 radical (unpaired) electrons. The second kappa shape index (κ2) is 8.82. The van der Waals surface area contributed by atoms with Crippen LogP contribution in [0.2, 0.25) is 0 Å². The van der Waals surface area contributed by atoms with Crippen LogP contribution in [0.25, 0.3) is 0 Å². The molecule has 0 aromatic heterocycles. The molecule has 0 atom stereocenters. The highest BCUT2D eigenvalue weighted by molar-refractivity contribution is 5.78. The van der Waals surface area contributed by atoms with Gasteiger partial charge in [-0.05, 0) is 61.9 Å². The first-order chi connectivity index (χ1) is 12.2. The Labute approximate surface area is 151 Å². The summed E-state index contributed by atoms with van der Waals surface area (Å²) in [6.45, 7) is 5.27. The van der Waals surface area contributed by atoms with Gasteiger partial charge in [-0.2, -0.15) is 0 Å². The molecule has 3 rings (SSSR count). The normalized spacial score (nSPS) is 15.9. The van der Waals surface area contributed by atoms with Crippen molar-refractivity contribution >= 4 is 5.91 Å². The maximum absolute atomic E-state index is 12.2. The van der Waals surface area contributed by atoms with Crippen molar-refractivity contribution in [3.8, 4) is 0 Å². The van der Waals surface area contributed by atoms with Crippen LogP contribution >= 0.6 is 0 Å². The third-order valence-corrected chi connectivity index (χ3v) is 5.18. The summed E-state index contributed by atoms with van der Waals surface area (Å²) in [7, 11) is 0. The second-order valence-corrected chi connectivity index (χ2v) is 7.11. The monoisotopic (exact) mass is 336 g/mol. The lowest BCUT2D eigenvalue weighted by Gasteiger charge is -2.31. The third-order valence-electron chi connectivity index (χ3n) is 5.18. The molecule has 1 heterocycles. The fourth-order valence-electron chi connectivity index (χ4n) is 3.56. The minimum absolute atomic E-state index is 0.129. The van der Waals surface area contributed by atoms with E-state index in [4.69, 9.17) is 0 Å². The van der Waals surface area contributed by atoms with E-state index in [1.165, 1.54) is 29.5 Å². The zero-order valence-electron chi connectivity index (χ0n) is 15.1. The van der Waals surface area contributed by atoms with E-state index in [1.54, 1.807) is 0 Å². The molecule has 0 spiro atoms. The summed E-state index contributed by atoms with van der Waals surface area (Å²) in [4.78, 5) is 14.5. The Kier molecular flexibility index (Phi) is 6.24. The van der Waals surface area contributed by atoms with Crippen molar-refractivity contribution in [3.63, 3.8) is 0 Å². The number of carbonyl (C=O) groups is 1. The van der Waals surface area contributed by atoms with E-state index in [1.807, 2.05) is 12.1 Å². The highest BCUT2D eigenvalue weighted by atomic mass is 16.2. The number of benzene rings is 2. The summed E-state index contributed by atoms with van der Waals surface area (Å²) in [5.74, 6) is 0.874. The Morgan fingerprint density at radius 3 is 2.44 bits per heavy atom. The molecule has 1 N–H and O–H groups in total. The SMILES string of the molecule is Cc1ccccc1CNC(=O)CN1CCC(Cc2ccccc2)CC1. The van der Waals surface area contributed by atoms with Crippen LogP contribution in [-0.4, -0.2) is 30.4 Å². The Bertz CT molecular complexity index is 675. The van der Waals surface area contributed by atoms with Gasteiger partial charge >= 0.3 is 0 Å². The van der Waals surface area contributed by atoms with Gasteiger partial charge in [0.1, 0.15) is 0 Å². The average molecular weight is 336 g/mol. The predicted octanol–water partition coefficient (Wildman–Crippen LogP) is 3.57. The van der Waals surface area contributed by atoms with Crippen LogP contribution in [0.4, 0.5) is 0 Å². The van der Waals surface area contributed by atoms with Gasteiger partial charge in [0.15, 0.2) is 0 Å². The molecule has 0 bridgehead atoms. The number of amides is 1. The van der Waals surface area contributed by atoms with Crippen molar-refractivity contribution in [1.29, 1.82) is 0 Å². The van der Waals surface area contributed by atoms with Crippen molar-refractivity contribution in [2.45, 2.75) is 32.7 Å². The molecule has 0 aliphatic carbocycles. The van der Waals surface area contributed by atoms with Gasteiger partial charge in [-0.15, -0.1) is 0 Å². The van der Waals surface area contributed by atoms with E-state index in [-0.39, 0.29) is 5.91 Å². The average Bonchev–Trinajstić information content (AvgIpc) is 2.64. The molecule has 2 aromatic carbocycles. The highest BCUT2D eigenvalue weighted by Gasteiger charge is 2.21. The van der Waals surface area contributed by atoms with Gasteiger partial charge in [0.05, 0.1) is 6.54 Å². The lowest BCUT2D eigenvalue weighted by Crippen LogP contribution is -2.41. The Morgan fingerprint density at radius 1 is 1.04 bits per heavy atom. The van der Waals surface area contributed by atoms with Crippen LogP contribution in [0, 0.1) is 12.8 Å². The lowest BCUT2D eigenvalue weighted by molar-refractivity contribution is -0.122. The summed E-state index contributed by atoms with van der Waals surface area (Å²) >= 11 is 0. The topological polar surface area (TPSA) is 32.3 Å². The van der Waals surface area contributed by atoms with Gasteiger partial charge in [0.25, 0.3) is 0 Å². The van der Waals surface area contributed by atoms with Gasteiger partial charge in [0.2, 0.25) is 5.91 Å². The molecule has 1 amide bonds. The molecule has 25 heavy (non-hydrogen) atoms. The van der Waals surface area contributed by atoms with E-state index >= 15 is 0 Å².